The summed E-state index contributed by atoms with van der Waals surface area (Å²) in [6.07, 6.45) is 6.02. The fourth-order valence-electron chi connectivity index (χ4n) is 2.86. The van der Waals surface area contributed by atoms with E-state index >= 15 is 0 Å². The second-order valence-corrected chi connectivity index (χ2v) is 5.12. The highest BCUT2D eigenvalue weighted by molar-refractivity contribution is 6.20. The van der Waals surface area contributed by atoms with E-state index in [2.05, 4.69) is 11.8 Å². The fourth-order valence-corrected chi connectivity index (χ4v) is 3.27. The minimum atomic E-state index is 0.304. The van der Waals surface area contributed by atoms with E-state index in [0.717, 1.165) is 19.3 Å². The van der Waals surface area contributed by atoms with Gasteiger partial charge in [0.2, 0.25) is 5.91 Å². The molecule has 2 unspecified atom stereocenters. The molecule has 14 heavy (non-hydrogen) atoms. The van der Waals surface area contributed by atoms with Gasteiger partial charge < -0.3 is 4.90 Å². The topological polar surface area (TPSA) is 20.3 Å². The summed E-state index contributed by atoms with van der Waals surface area (Å²) in [4.78, 5) is 14.0. The van der Waals surface area contributed by atoms with Crippen molar-refractivity contribution in [2.45, 2.75) is 62.9 Å². The van der Waals surface area contributed by atoms with E-state index < -0.39 is 0 Å². The first-order valence-electron chi connectivity index (χ1n) is 5.67. The number of fused-ring (bicyclic) bond motifs is 2. The van der Waals surface area contributed by atoms with Crippen LogP contribution < -0.4 is 0 Å². The Labute approximate surface area is 90.6 Å². The van der Waals surface area contributed by atoms with Crippen molar-refractivity contribution >= 4 is 17.5 Å². The Morgan fingerprint density at radius 2 is 1.93 bits per heavy atom. The summed E-state index contributed by atoms with van der Waals surface area (Å²) in [7, 11) is 0. The van der Waals surface area contributed by atoms with Crippen LogP contribution >= 0.6 is 11.6 Å². The maximum atomic E-state index is 11.8. The summed E-state index contributed by atoms with van der Waals surface area (Å²) in [6, 6.07) is 0.908. The van der Waals surface area contributed by atoms with Crippen LogP contribution in [0.1, 0.15) is 45.4 Å². The van der Waals surface area contributed by atoms with Gasteiger partial charge in [-0.15, -0.1) is 11.6 Å². The molecule has 2 rings (SSSR count). The van der Waals surface area contributed by atoms with Crippen molar-refractivity contribution < 1.29 is 4.79 Å². The van der Waals surface area contributed by atoms with Gasteiger partial charge in [-0.3, -0.25) is 4.79 Å². The van der Waals surface area contributed by atoms with Crippen LogP contribution in [0, 0.1) is 0 Å². The maximum Gasteiger partial charge on any atom is 0.223 e. The summed E-state index contributed by atoms with van der Waals surface area (Å²) < 4.78 is 0. The van der Waals surface area contributed by atoms with Gasteiger partial charge in [0.05, 0.1) is 0 Å². The molecule has 2 bridgehead atoms. The second kappa shape index (κ2) is 4.09. The summed E-state index contributed by atoms with van der Waals surface area (Å²) in [5.74, 6) is 0.351. The van der Waals surface area contributed by atoms with Crippen LogP contribution in [0.4, 0.5) is 0 Å². The monoisotopic (exact) mass is 215 g/mol. The molecule has 0 aromatic carbocycles. The molecule has 2 aliphatic rings. The molecule has 2 aliphatic heterocycles. The second-order valence-electron chi connectivity index (χ2n) is 4.50. The van der Waals surface area contributed by atoms with Gasteiger partial charge in [0.1, 0.15) is 0 Å². The van der Waals surface area contributed by atoms with E-state index in [1.807, 2.05) is 0 Å². The molecule has 2 atom stereocenters. The zero-order chi connectivity index (χ0) is 10.1. The Kier molecular flexibility index (Phi) is 3.01. The lowest BCUT2D eigenvalue weighted by molar-refractivity contribution is -0.135. The first kappa shape index (κ1) is 10.3. The molecule has 2 heterocycles. The molecule has 2 fully saturated rings. The summed E-state index contributed by atoms with van der Waals surface area (Å²) in [6.45, 7) is 2.06. The van der Waals surface area contributed by atoms with Crippen molar-refractivity contribution in [3.63, 3.8) is 0 Å². The Balaban J connectivity index is 2.03. The standard InChI is InChI=1S/C11H18ClNO/c1-2-3-11(14)13-9-4-5-10(13)7-8(12)6-9/h8-10H,2-7H2,1H3. The average molecular weight is 216 g/mol. The lowest BCUT2D eigenvalue weighted by Gasteiger charge is -2.37. The lowest BCUT2D eigenvalue weighted by atomic mass is 10.0. The van der Waals surface area contributed by atoms with E-state index in [1.165, 1.54) is 12.8 Å². The van der Waals surface area contributed by atoms with E-state index in [-0.39, 0.29) is 0 Å². The van der Waals surface area contributed by atoms with Crippen LogP contribution in [-0.4, -0.2) is 28.3 Å². The third kappa shape index (κ3) is 1.77. The largest absolute Gasteiger partial charge is 0.337 e. The van der Waals surface area contributed by atoms with E-state index in [0.29, 0.717) is 29.8 Å². The van der Waals surface area contributed by atoms with Crippen LogP contribution in [0.5, 0.6) is 0 Å². The van der Waals surface area contributed by atoms with Crippen molar-refractivity contribution in [3.8, 4) is 0 Å². The van der Waals surface area contributed by atoms with Gasteiger partial charge in [-0.25, -0.2) is 0 Å². The maximum absolute atomic E-state index is 11.8. The predicted molar refractivity (Wildman–Crippen MR) is 57.4 cm³/mol. The van der Waals surface area contributed by atoms with Crippen molar-refractivity contribution in [1.29, 1.82) is 0 Å². The lowest BCUT2D eigenvalue weighted by Crippen LogP contribution is -2.46. The molecule has 80 valence electrons. The molecule has 0 aliphatic carbocycles. The van der Waals surface area contributed by atoms with Crippen molar-refractivity contribution in [1.82, 2.24) is 4.90 Å². The number of carbonyl (C=O) groups is 1. The van der Waals surface area contributed by atoms with Gasteiger partial charge in [-0.05, 0) is 32.1 Å². The predicted octanol–water partition coefficient (Wildman–Crippen LogP) is 2.55. The van der Waals surface area contributed by atoms with Crippen molar-refractivity contribution in [2.24, 2.45) is 0 Å². The number of rotatable bonds is 2. The minimum absolute atomic E-state index is 0.304. The summed E-state index contributed by atoms with van der Waals surface area (Å²) in [5.41, 5.74) is 0. The van der Waals surface area contributed by atoms with Gasteiger partial charge in [-0.1, -0.05) is 6.92 Å². The van der Waals surface area contributed by atoms with Crippen LogP contribution in [-0.2, 0) is 4.79 Å². The Bertz CT molecular complexity index is 217. The number of piperidine rings is 1. The highest BCUT2D eigenvalue weighted by Crippen LogP contribution is 2.38. The Morgan fingerprint density at radius 3 is 2.43 bits per heavy atom. The molecular formula is C11H18ClNO. The zero-order valence-corrected chi connectivity index (χ0v) is 9.46. The third-order valence-electron chi connectivity index (χ3n) is 3.43. The molecule has 2 saturated heterocycles. The summed E-state index contributed by atoms with van der Waals surface area (Å²) >= 11 is 6.16. The smallest absolute Gasteiger partial charge is 0.223 e. The number of amides is 1. The zero-order valence-electron chi connectivity index (χ0n) is 8.71. The molecule has 0 radical (unpaired) electrons. The van der Waals surface area contributed by atoms with Crippen LogP contribution in [0.25, 0.3) is 0 Å². The van der Waals surface area contributed by atoms with Gasteiger partial charge in [0, 0.05) is 23.9 Å². The highest BCUT2D eigenvalue weighted by atomic mass is 35.5. The SMILES string of the molecule is CCCC(=O)N1C2CCC1CC(Cl)C2. The van der Waals surface area contributed by atoms with E-state index in [4.69, 9.17) is 11.6 Å². The Hall–Kier alpha value is -0.240. The Morgan fingerprint density at radius 1 is 1.36 bits per heavy atom. The van der Waals surface area contributed by atoms with Crippen LogP contribution in [0.15, 0.2) is 0 Å². The van der Waals surface area contributed by atoms with Gasteiger partial charge in [-0.2, -0.15) is 0 Å². The highest BCUT2D eigenvalue weighted by Gasteiger charge is 2.41. The first-order chi connectivity index (χ1) is 6.72. The van der Waals surface area contributed by atoms with Crippen LogP contribution in [0.3, 0.4) is 0 Å². The number of hydrogen-bond acceptors (Lipinski definition) is 1. The first-order valence-corrected chi connectivity index (χ1v) is 6.11. The molecule has 0 spiro atoms. The summed E-state index contributed by atoms with van der Waals surface area (Å²) in [5, 5.41) is 0.304. The van der Waals surface area contributed by atoms with Crippen LogP contribution in [0.2, 0.25) is 0 Å². The molecule has 0 aromatic heterocycles. The molecule has 0 aromatic rings. The molecule has 3 heteroatoms. The third-order valence-corrected chi connectivity index (χ3v) is 3.78. The quantitative estimate of drug-likeness (QED) is 0.649. The molecule has 0 saturated carbocycles. The molecular weight excluding hydrogens is 198 g/mol. The molecule has 0 N–H and O–H groups in total. The molecule has 2 nitrogen and oxygen atoms in total. The molecule has 1 amide bonds. The minimum Gasteiger partial charge on any atom is -0.337 e. The van der Waals surface area contributed by atoms with Crippen molar-refractivity contribution in [3.05, 3.63) is 0 Å². The number of halogens is 1. The number of nitrogens with zero attached hydrogens (tertiary/aromatic N) is 1. The number of carbonyl (C=O) groups excluding carboxylic acids is 1. The fraction of sp³-hybridized carbons (Fsp3) is 0.909. The van der Waals surface area contributed by atoms with Gasteiger partial charge in [0.25, 0.3) is 0 Å². The van der Waals surface area contributed by atoms with E-state index in [1.54, 1.807) is 0 Å². The van der Waals surface area contributed by atoms with Gasteiger partial charge in [0.15, 0.2) is 0 Å². The van der Waals surface area contributed by atoms with E-state index in [9.17, 15) is 4.79 Å². The normalized spacial score (nSPS) is 36.1. The van der Waals surface area contributed by atoms with Crippen molar-refractivity contribution in [2.75, 3.05) is 0 Å². The number of alkyl halides is 1. The number of hydrogen-bond donors (Lipinski definition) is 0. The average Bonchev–Trinajstić information content (AvgIpc) is 2.39. The van der Waals surface area contributed by atoms with Gasteiger partial charge >= 0.3 is 0 Å².